The molecule has 2 atom stereocenters. The molecule has 1 heterocycles. The first kappa shape index (κ1) is 11.5. The molecule has 0 aromatic carbocycles. The molecule has 0 bridgehead atoms. The van der Waals surface area contributed by atoms with E-state index >= 15 is 0 Å². The summed E-state index contributed by atoms with van der Waals surface area (Å²) in [5.74, 6) is 0.947. The van der Waals surface area contributed by atoms with Crippen molar-refractivity contribution in [1.29, 1.82) is 5.26 Å². The van der Waals surface area contributed by atoms with Gasteiger partial charge in [-0.25, -0.2) is 0 Å². The van der Waals surface area contributed by atoms with Crippen LogP contribution in [0.1, 0.15) is 19.8 Å². The SMILES string of the molecule is CNCC1CCCN(CC(C)C#N)C1. The molecular weight excluding hydrogens is 174 g/mol. The average molecular weight is 195 g/mol. The monoisotopic (exact) mass is 195 g/mol. The number of rotatable bonds is 4. The number of likely N-dealkylation sites (tertiary alicyclic amines) is 1. The molecule has 2 unspecified atom stereocenters. The van der Waals surface area contributed by atoms with Crippen LogP contribution in [-0.2, 0) is 0 Å². The maximum Gasteiger partial charge on any atom is 0.0666 e. The van der Waals surface area contributed by atoms with E-state index < -0.39 is 0 Å². The molecule has 0 spiro atoms. The van der Waals surface area contributed by atoms with Crippen LogP contribution in [0.15, 0.2) is 0 Å². The quantitative estimate of drug-likeness (QED) is 0.729. The summed E-state index contributed by atoms with van der Waals surface area (Å²) in [5, 5.41) is 12.0. The van der Waals surface area contributed by atoms with Crippen LogP contribution in [0.25, 0.3) is 0 Å². The molecule has 1 rings (SSSR count). The molecule has 0 radical (unpaired) electrons. The van der Waals surface area contributed by atoms with Crippen LogP contribution in [0.4, 0.5) is 0 Å². The van der Waals surface area contributed by atoms with E-state index in [1.165, 1.54) is 19.4 Å². The lowest BCUT2D eigenvalue weighted by molar-refractivity contribution is 0.164. The smallest absolute Gasteiger partial charge is 0.0666 e. The second-order valence-electron chi connectivity index (χ2n) is 4.36. The molecule has 1 fully saturated rings. The third kappa shape index (κ3) is 3.65. The lowest BCUT2D eigenvalue weighted by Crippen LogP contribution is -2.40. The highest BCUT2D eigenvalue weighted by Crippen LogP contribution is 2.16. The highest BCUT2D eigenvalue weighted by Gasteiger charge is 2.20. The topological polar surface area (TPSA) is 39.1 Å². The van der Waals surface area contributed by atoms with Gasteiger partial charge in [0.1, 0.15) is 0 Å². The minimum absolute atomic E-state index is 0.170. The third-order valence-electron chi connectivity index (χ3n) is 2.85. The van der Waals surface area contributed by atoms with Crippen molar-refractivity contribution in [3.05, 3.63) is 0 Å². The molecule has 0 aromatic rings. The predicted molar refractivity (Wildman–Crippen MR) is 57.9 cm³/mol. The Morgan fingerprint density at radius 3 is 3.07 bits per heavy atom. The summed E-state index contributed by atoms with van der Waals surface area (Å²) < 4.78 is 0. The fourth-order valence-electron chi connectivity index (χ4n) is 2.20. The van der Waals surface area contributed by atoms with E-state index in [0.717, 1.165) is 25.6 Å². The normalized spacial score (nSPS) is 25.6. The molecule has 3 heteroatoms. The highest BCUT2D eigenvalue weighted by atomic mass is 15.1. The van der Waals surface area contributed by atoms with Crippen LogP contribution in [0.5, 0.6) is 0 Å². The molecule has 14 heavy (non-hydrogen) atoms. The second kappa shape index (κ2) is 6.00. The van der Waals surface area contributed by atoms with Crippen molar-refractivity contribution in [2.24, 2.45) is 11.8 Å². The summed E-state index contributed by atoms with van der Waals surface area (Å²) >= 11 is 0. The third-order valence-corrected chi connectivity index (χ3v) is 2.85. The van der Waals surface area contributed by atoms with Crippen LogP contribution >= 0.6 is 0 Å². The summed E-state index contributed by atoms with van der Waals surface area (Å²) in [6.07, 6.45) is 2.61. The first-order chi connectivity index (χ1) is 6.76. The number of hydrogen-bond acceptors (Lipinski definition) is 3. The van der Waals surface area contributed by atoms with E-state index in [-0.39, 0.29) is 5.92 Å². The summed E-state index contributed by atoms with van der Waals surface area (Å²) in [7, 11) is 2.01. The maximum absolute atomic E-state index is 8.75. The van der Waals surface area contributed by atoms with Crippen molar-refractivity contribution in [3.63, 3.8) is 0 Å². The van der Waals surface area contributed by atoms with Crippen molar-refractivity contribution in [1.82, 2.24) is 10.2 Å². The number of piperidine rings is 1. The van der Waals surface area contributed by atoms with Crippen molar-refractivity contribution in [3.8, 4) is 6.07 Å². The van der Waals surface area contributed by atoms with Crippen LogP contribution in [-0.4, -0.2) is 38.1 Å². The lowest BCUT2D eigenvalue weighted by Gasteiger charge is -2.33. The van der Waals surface area contributed by atoms with Crippen LogP contribution in [0, 0.1) is 23.2 Å². The van der Waals surface area contributed by atoms with Gasteiger partial charge in [0.05, 0.1) is 12.0 Å². The zero-order valence-electron chi connectivity index (χ0n) is 9.29. The average Bonchev–Trinajstić information content (AvgIpc) is 2.19. The molecule has 0 amide bonds. The van der Waals surface area contributed by atoms with Gasteiger partial charge in [-0.1, -0.05) is 0 Å². The van der Waals surface area contributed by atoms with Gasteiger partial charge in [0.15, 0.2) is 0 Å². The summed E-state index contributed by atoms with van der Waals surface area (Å²) in [6.45, 7) is 6.38. The highest BCUT2D eigenvalue weighted by molar-refractivity contribution is 4.83. The van der Waals surface area contributed by atoms with E-state index in [1.807, 2.05) is 14.0 Å². The summed E-state index contributed by atoms with van der Waals surface area (Å²) in [6, 6.07) is 2.30. The Bertz CT molecular complexity index is 195. The molecule has 3 nitrogen and oxygen atoms in total. The van der Waals surface area contributed by atoms with Gasteiger partial charge in [0.2, 0.25) is 0 Å². The van der Waals surface area contributed by atoms with E-state index in [2.05, 4.69) is 16.3 Å². The van der Waals surface area contributed by atoms with E-state index in [1.54, 1.807) is 0 Å². The Labute approximate surface area is 87.1 Å². The van der Waals surface area contributed by atoms with Gasteiger partial charge >= 0.3 is 0 Å². The lowest BCUT2D eigenvalue weighted by atomic mass is 9.97. The molecule has 0 aromatic heterocycles. The first-order valence-electron chi connectivity index (χ1n) is 5.52. The van der Waals surface area contributed by atoms with Crippen molar-refractivity contribution in [2.45, 2.75) is 19.8 Å². The molecule has 0 aliphatic carbocycles. The molecule has 1 aliphatic heterocycles. The van der Waals surface area contributed by atoms with Crippen LogP contribution in [0.3, 0.4) is 0 Å². The fourth-order valence-corrected chi connectivity index (χ4v) is 2.20. The van der Waals surface area contributed by atoms with Crippen molar-refractivity contribution >= 4 is 0 Å². The fraction of sp³-hybridized carbons (Fsp3) is 0.909. The van der Waals surface area contributed by atoms with E-state index in [4.69, 9.17) is 5.26 Å². The zero-order valence-corrected chi connectivity index (χ0v) is 9.29. The minimum Gasteiger partial charge on any atom is -0.319 e. The van der Waals surface area contributed by atoms with E-state index in [9.17, 15) is 0 Å². The molecule has 0 saturated carbocycles. The zero-order chi connectivity index (χ0) is 10.4. The second-order valence-corrected chi connectivity index (χ2v) is 4.36. The Kier molecular flexibility index (Phi) is 4.92. The van der Waals surface area contributed by atoms with Gasteiger partial charge in [-0.3, -0.25) is 0 Å². The largest absolute Gasteiger partial charge is 0.319 e. The predicted octanol–water partition coefficient (Wildman–Crippen LogP) is 1.08. The summed E-state index contributed by atoms with van der Waals surface area (Å²) in [5.41, 5.74) is 0. The first-order valence-corrected chi connectivity index (χ1v) is 5.52. The van der Waals surface area contributed by atoms with Crippen molar-refractivity contribution < 1.29 is 0 Å². The Hall–Kier alpha value is -0.590. The minimum atomic E-state index is 0.170. The maximum atomic E-state index is 8.75. The molecule has 80 valence electrons. The van der Waals surface area contributed by atoms with Gasteiger partial charge < -0.3 is 10.2 Å². The number of nitriles is 1. The number of nitrogens with one attached hydrogen (secondary N) is 1. The Morgan fingerprint density at radius 1 is 1.64 bits per heavy atom. The van der Waals surface area contributed by atoms with Crippen LogP contribution < -0.4 is 5.32 Å². The van der Waals surface area contributed by atoms with Crippen LogP contribution in [0.2, 0.25) is 0 Å². The number of nitrogens with zero attached hydrogens (tertiary/aromatic N) is 2. The van der Waals surface area contributed by atoms with Gasteiger partial charge in [-0.05, 0) is 45.8 Å². The van der Waals surface area contributed by atoms with Gasteiger partial charge in [0, 0.05) is 13.1 Å². The molecule has 1 N–H and O–H groups in total. The molecular formula is C11H21N3. The number of hydrogen-bond donors (Lipinski definition) is 1. The van der Waals surface area contributed by atoms with Gasteiger partial charge in [0.25, 0.3) is 0 Å². The Balaban J connectivity index is 2.29. The molecule has 1 aliphatic rings. The Morgan fingerprint density at radius 2 is 2.43 bits per heavy atom. The van der Waals surface area contributed by atoms with Crippen molar-refractivity contribution in [2.75, 3.05) is 33.2 Å². The van der Waals surface area contributed by atoms with Gasteiger partial charge in [-0.2, -0.15) is 5.26 Å². The summed E-state index contributed by atoms with van der Waals surface area (Å²) in [4.78, 5) is 2.43. The molecule has 1 saturated heterocycles. The van der Waals surface area contributed by atoms with Gasteiger partial charge in [-0.15, -0.1) is 0 Å². The van der Waals surface area contributed by atoms with E-state index in [0.29, 0.717) is 0 Å². The standard InChI is InChI=1S/C11H21N3/c1-10(6-12)8-14-5-3-4-11(9-14)7-13-2/h10-11,13H,3-5,7-9H2,1-2H3.